The van der Waals surface area contributed by atoms with Gasteiger partial charge >= 0.3 is 0 Å². The number of anilines is 2. The number of pyridine rings is 1. The van der Waals surface area contributed by atoms with E-state index in [2.05, 4.69) is 15.6 Å². The number of rotatable bonds is 7. The van der Waals surface area contributed by atoms with E-state index in [1.807, 2.05) is 24.1 Å². The Morgan fingerprint density at radius 2 is 1.58 bits per heavy atom. The van der Waals surface area contributed by atoms with Crippen molar-refractivity contribution in [3.05, 3.63) is 54.4 Å². The number of likely N-dealkylation sites (N-methyl/N-ethyl adjacent to an activating group) is 1. The zero-order chi connectivity index (χ0) is 17.4. The van der Waals surface area contributed by atoms with Gasteiger partial charge in [-0.3, -0.25) is 19.5 Å². The molecule has 0 saturated heterocycles. The van der Waals surface area contributed by atoms with Gasteiger partial charge in [0.05, 0.1) is 6.54 Å². The van der Waals surface area contributed by atoms with E-state index in [1.54, 1.807) is 36.7 Å². The number of nitrogens with zero attached hydrogens (tertiary/aromatic N) is 2. The third kappa shape index (κ3) is 6.18. The molecular formula is C18H22N4O2. The van der Waals surface area contributed by atoms with Crippen molar-refractivity contribution >= 4 is 23.2 Å². The van der Waals surface area contributed by atoms with Crippen LogP contribution < -0.4 is 10.6 Å². The van der Waals surface area contributed by atoms with Crippen molar-refractivity contribution in [2.75, 3.05) is 30.8 Å². The summed E-state index contributed by atoms with van der Waals surface area (Å²) >= 11 is 0. The smallest absolute Gasteiger partial charge is 0.238 e. The van der Waals surface area contributed by atoms with Crippen molar-refractivity contribution < 1.29 is 9.59 Å². The van der Waals surface area contributed by atoms with Crippen molar-refractivity contribution in [1.29, 1.82) is 0 Å². The summed E-state index contributed by atoms with van der Waals surface area (Å²) in [5, 5.41) is 5.53. The van der Waals surface area contributed by atoms with Gasteiger partial charge in [-0.15, -0.1) is 0 Å². The zero-order valence-electron chi connectivity index (χ0n) is 14.0. The number of nitrogens with one attached hydrogen (secondary N) is 2. The molecule has 2 amide bonds. The number of carbonyl (C=O) groups is 2. The lowest BCUT2D eigenvalue weighted by Crippen LogP contribution is -2.31. The van der Waals surface area contributed by atoms with Gasteiger partial charge in [0, 0.05) is 37.2 Å². The number of aromatic nitrogens is 1. The molecule has 0 aliphatic rings. The van der Waals surface area contributed by atoms with Crippen LogP contribution in [-0.2, 0) is 16.0 Å². The molecule has 2 N–H and O–H groups in total. The first-order valence-corrected chi connectivity index (χ1v) is 7.78. The lowest BCUT2D eigenvalue weighted by molar-refractivity contribution is -0.117. The number of carbonyl (C=O) groups excluding carboxylic acids is 2. The molecule has 1 aromatic carbocycles. The number of benzene rings is 1. The van der Waals surface area contributed by atoms with Crippen LogP contribution in [0.1, 0.15) is 12.5 Å². The SMILES string of the molecule is CC(=O)Nc1ccc(NC(=O)CN(C)CCc2ccncc2)cc1. The van der Waals surface area contributed by atoms with Crippen LogP contribution in [0.2, 0.25) is 0 Å². The normalized spacial score (nSPS) is 10.5. The van der Waals surface area contributed by atoms with Gasteiger partial charge < -0.3 is 10.6 Å². The van der Waals surface area contributed by atoms with Gasteiger partial charge in [-0.2, -0.15) is 0 Å². The summed E-state index contributed by atoms with van der Waals surface area (Å²) in [5.74, 6) is -0.192. The molecule has 1 aromatic heterocycles. The lowest BCUT2D eigenvalue weighted by atomic mass is 10.2. The Morgan fingerprint density at radius 3 is 2.17 bits per heavy atom. The van der Waals surface area contributed by atoms with E-state index >= 15 is 0 Å². The minimum absolute atomic E-state index is 0.0699. The Morgan fingerprint density at radius 1 is 1.00 bits per heavy atom. The van der Waals surface area contributed by atoms with Crippen LogP contribution in [0.4, 0.5) is 11.4 Å². The molecule has 0 atom stereocenters. The van der Waals surface area contributed by atoms with Crippen LogP contribution >= 0.6 is 0 Å². The van der Waals surface area contributed by atoms with E-state index < -0.39 is 0 Å². The quantitative estimate of drug-likeness (QED) is 0.817. The minimum Gasteiger partial charge on any atom is -0.326 e. The highest BCUT2D eigenvalue weighted by Crippen LogP contribution is 2.13. The average Bonchev–Trinajstić information content (AvgIpc) is 2.55. The van der Waals surface area contributed by atoms with Crippen molar-refractivity contribution in [3.8, 4) is 0 Å². The Balaban J connectivity index is 1.76. The van der Waals surface area contributed by atoms with E-state index in [9.17, 15) is 9.59 Å². The van der Waals surface area contributed by atoms with Gasteiger partial charge in [0.15, 0.2) is 0 Å². The van der Waals surface area contributed by atoms with Crippen LogP contribution in [0.3, 0.4) is 0 Å². The maximum absolute atomic E-state index is 12.1. The van der Waals surface area contributed by atoms with E-state index in [4.69, 9.17) is 0 Å². The molecule has 24 heavy (non-hydrogen) atoms. The molecule has 0 spiro atoms. The third-order valence-electron chi connectivity index (χ3n) is 3.43. The molecule has 0 bridgehead atoms. The zero-order valence-corrected chi connectivity index (χ0v) is 14.0. The molecule has 0 saturated carbocycles. The van der Waals surface area contributed by atoms with Crippen molar-refractivity contribution in [3.63, 3.8) is 0 Å². The summed E-state index contributed by atoms with van der Waals surface area (Å²) in [4.78, 5) is 29.0. The fourth-order valence-electron chi connectivity index (χ4n) is 2.23. The molecule has 2 rings (SSSR count). The van der Waals surface area contributed by atoms with Gasteiger partial charge in [0.2, 0.25) is 11.8 Å². The van der Waals surface area contributed by atoms with Gasteiger partial charge in [0.1, 0.15) is 0 Å². The molecule has 0 aliphatic heterocycles. The van der Waals surface area contributed by atoms with E-state index in [0.717, 1.165) is 13.0 Å². The maximum Gasteiger partial charge on any atom is 0.238 e. The fraction of sp³-hybridized carbons (Fsp3) is 0.278. The predicted octanol–water partition coefficient (Wildman–Crippen LogP) is 2.15. The number of amides is 2. The van der Waals surface area contributed by atoms with Crippen molar-refractivity contribution in [2.24, 2.45) is 0 Å². The van der Waals surface area contributed by atoms with E-state index in [0.29, 0.717) is 17.9 Å². The van der Waals surface area contributed by atoms with E-state index in [1.165, 1.54) is 12.5 Å². The lowest BCUT2D eigenvalue weighted by Gasteiger charge is -2.16. The minimum atomic E-state index is -0.123. The fourth-order valence-corrected chi connectivity index (χ4v) is 2.23. The second-order valence-corrected chi connectivity index (χ2v) is 5.65. The summed E-state index contributed by atoms with van der Waals surface area (Å²) in [6, 6.07) is 11.0. The highest BCUT2D eigenvalue weighted by atomic mass is 16.2. The first-order chi connectivity index (χ1) is 11.5. The molecule has 0 aliphatic carbocycles. The Bertz CT molecular complexity index is 671. The third-order valence-corrected chi connectivity index (χ3v) is 3.43. The van der Waals surface area contributed by atoms with E-state index in [-0.39, 0.29) is 11.8 Å². The summed E-state index contributed by atoms with van der Waals surface area (Å²) in [5.41, 5.74) is 2.61. The van der Waals surface area contributed by atoms with Crippen LogP contribution in [0.5, 0.6) is 0 Å². The Kier molecular flexibility index (Phi) is 6.45. The second-order valence-electron chi connectivity index (χ2n) is 5.65. The summed E-state index contributed by atoms with van der Waals surface area (Å²) in [7, 11) is 1.92. The van der Waals surface area contributed by atoms with Crippen LogP contribution in [0, 0.1) is 0 Å². The number of hydrogen-bond acceptors (Lipinski definition) is 4. The molecule has 1 heterocycles. The number of hydrogen-bond donors (Lipinski definition) is 2. The Labute approximate surface area is 141 Å². The first kappa shape index (κ1) is 17.6. The Hall–Kier alpha value is -2.73. The standard InChI is InChI=1S/C18H22N4O2/c1-14(23)20-16-3-5-17(6-4-16)21-18(24)13-22(2)12-9-15-7-10-19-11-8-15/h3-8,10-11H,9,12-13H2,1-2H3,(H,20,23)(H,21,24). The van der Waals surface area contributed by atoms with Gasteiger partial charge in [-0.05, 0) is 55.4 Å². The van der Waals surface area contributed by atoms with Crippen LogP contribution in [0.25, 0.3) is 0 Å². The van der Waals surface area contributed by atoms with Gasteiger partial charge in [-0.1, -0.05) is 0 Å². The molecule has 126 valence electrons. The average molecular weight is 326 g/mol. The van der Waals surface area contributed by atoms with Crippen LogP contribution in [-0.4, -0.2) is 41.8 Å². The highest BCUT2D eigenvalue weighted by molar-refractivity contribution is 5.93. The highest BCUT2D eigenvalue weighted by Gasteiger charge is 2.07. The topological polar surface area (TPSA) is 74.3 Å². The van der Waals surface area contributed by atoms with Gasteiger partial charge in [0.25, 0.3) is 0 Å². The van der Waals surface area contributed by atoms with Gasteiger partial charge in [-0.25, -0.2) is 0 Å². The molecule has 0 unspecified atom stereocenters. The molecule has 0 fully saturated rings. The molecule has 6 heteroatoms. The largest absolute Gasteiger partial charge is 0.326 e. The predicted molar refractivity (Wildman–Crippen MR) is 94.8 cm³/mol. The second kappa shape index (κ2) is 8.79. The molecule has 0 radical (unpaired) electrons. The van der Waals surface area contributed by atoms with Crippen molar-refractivity contribution in [1.82, 2.24) is 9.88 Å². The summed E-state index contributed by atoms with van der Waals surface area (Å²) in [6.45, 7) is 2.56. The maximum atomic E-state index is 12.1. The van der Waals surface area contributed by atoms with Crippen LogP contribution in [0.15, 0.2) is 48.8 Å². The first-order valence-electron chi connectivity index (χ1n) is 7.78. The summed E-state index contributed by atoms with van der Waals surface area (Å²) in [6.07, 6.45) is 4.41. The summed E-state index contributed by atoms with van der Waals surface area (Å²) < 4.78 is 0. The molecular weight excluding hydrogens is 304 g/mol. The van der Waals surface area contributed by atoms with Crippen molar-refractivity contribution in [2.45, 2.75) is 13.3 Å². The molecule has 6 nitrogen and oxygen atoms in total. The molecule has 2 aromatic rings. The monoisotopic (exact) mass is 326 g/mol.